The monoisotopic (exact) mass is 262 g/mol. The van der Waals surface area contributed by atoms with Gasteiger partial charge in [0.15, 0.2) is 0 Å². The van der Waals surface area contributed by atoms with Crippen molar-refractivity contribution in [3.8, 4) is 0 Å². The Balaban J connectivity index is 1.96. The van der Waals surface area contributed by atoms with E-state index in [4.69, 9.17) is 5.73 Å². The van der Waals surface area contributed by atoms with Crippen LogP contribution in [0.5, 0.6) is 0 Å². The van der Waals surface area contributed by atoms with Gasteiger partial charge in [0.1, 0.15) is 5.82 Å². The molecule has 1 aliphatic heterocycles. The van der Waals surface area contributed by atoms with Crippen LogP contribution in [0.1, 0.15) is 32.6 Å². The Kier molecular flexibility index (Phi) is 4.74. The number of aromatic nitrogens is 1. The summed E-state index contributed by atoms with van der Waals surface area (Å²) in [4.78, 5) is 18.4. The molecule has 1 aliphatic rings. The van der Waals surface area contributed by atoms with Crippen molar-refractivity contribution in [3.05, 3.63) is 18.3 Å². The standard InChI is InChI=1S/C14H22N4O/c1-2-12(15)14(19)17-11-6-7-13(16-10-11)18-8-4-3-5-9-18/h6-7,10,12H,2-5,8-9,15H2,1H3,(H,17,19)/t12-/m1/s1. The highest BCUT2D eigenvalue weighted by molar-refractivity contribution is 5.94. The average Bonchev–Trinajstić information content (AvgIpc) is 2.48. The van der Waals surface area contributed by atoms with Crippen LogP contribution >= 0.6 is 0 Å². The third-order valence-corrected chi connectivity index (χ3v) is 3.47. The minimum absolute atomic E-state index is 0.157. The van der Waals surface area contributed by atoms with Crippen LogP contribution in [0.2, 0.25) is 0 Å². The van der Waals surface area contributed by atoms with E-state index in [0.717, 1.165) is 18.9 Å². The Morgan fingerprint density at radius 2 is 2.16 bits per heavy atom. The predicted molar refractivity (Wildman–Crippen MR) is 77.2 cm³/mol. The molecule has 1 amide bonds. The number of carbonyl (C=O) groups excluding carboxylic acids is 1. The highest BCUT2D eigenvalue weighted by atomic mass is 16.2. The summed E-state index contributed by atoms with van der Waals surface area (Å²) in [7, 11) is 0. The van der Waals surface area contributed by atoms with Gasteiger partial charge in [-0.25, -0.2) is 4.98 Å². The van der Waals surface area contributed by atoms with Crippen LogP contribution in [0, 0.1) is 0 Å². The molecule has 0 saturated carbocycles. The predicted octanol–water partition coefficient (Wildman–Crippen LogP) is 1.75. The Bertz CT molecular complexity index is 412. The van der Waals surface area contributed by atoms with E-state index in [1.165, 1.54) is 19.3 Å². The molecule has 2 heterocycles. The third kappa shape index (κ3) is 3.67. The van der Waals surface area contributed by atoms with E-state index in [0.29, 0.717) is 12.1 Å². The molecule has 1 aromatic heterocycles. The van der Waals surface area contributed by atoms with Crippen molar-refractivity contribution in [2.24, 2.45) is 5.73 Å². The van der Waals surface area contributed by atoms with E-state index in [9.17, 15) is 4.79 Å². The van der Waals surface area contributed by atoms with E-state index in [1.54, 1.807) is 6.20 Å². The average molecular weight is 262 g/mol. The van der Waals surface area contributed by atoms with Crippen LogP contribution < -0.4 is 16.0 Å². The molecule has 0 spiro atoms. The van der Waals surface area contributed by atoms with Crippen LogP contribution in [0.4, 0.5) is 11.5 Å². The molecule has 5 nitrogen and oxygen atoms in total. The van der Waals surface area contributed by atoms with Gasteiger partial charge in [-0.15, -0.1) is 0 Å². The molecule has 104 valence electrons. The summed E-state index contributed by atoms with van der Waals surface area (Å²) in [6, 6.07) is 3.39. The van der Waals surface area contributed by atoms with Crippen molar-refractivity contribution in [1.82, 2.24) is 4.98 Å². The summed E-state index contributed by atoms with van der Waals surface area (Å²) in [5.74, 6) is 0.826. The van der Waals surface area contributed by atoms with E-state index < -0.39 is 6.04 Å². The van der Waals surface area contributed by atoms with Crippen LogP contribution in [0.25, 0.3) is 0 Å². The summed E-state index contributed by atoms with van der Waals surface area (Å²) >= 11 is 0. The highest BCUT2D eigenvalue weighted by Gasteiger charge is 2.13. The Morgan fingerprint density at radius 1 is 1.42 bits per heavy atom. The van der Waals surface area contributed by atoms with Crippen molar-refractivity contribution >= 4 is 17.4 Å². The number of amides is 1. The summed E-state index contributed by atoms with van der Waals surface area (Å²) in [6.07, 6.45) is 6.09. The lowest BCUT2D eigenvalue weighted by molar-refractivity contribution is -0.117. The van der Waals surface area contributed by atoms with Crippen molar-refractivity contribution < 1.29 is 4.79 Å². The van der Waals surface area contributed by atoms with Gasteiger partial charge in [-0.1, -0.05) is 6.92 Å². The minimum Gasteiger partial charge on any atom is -0.357 e. The minimum atomic E-state index is -0.457. The third-order valence-electron chi connectivity index (χ3n) is 3.47. The Hall–Kier alpha value is -1.62. The second-order valence-electron chi connectivity index (χ2n) is 4.96. The molecule has 1 aromatic rings. The van der Waals surface area contributed by atoms with Gasteiger partial charge in [0, 0.05) is 13.1 Å². The summed E-state index contributed by atoms with van der Waals surface area (Å²) in [5.41, 5.74) is 6.37. The van der Waals surface area contributed by atoms with Crippen LogP contribution in [-0.2, 0) is 4.79 Å². The normalized spacial score (nSPS) is 17.1. The Morgan fingerprint density at radius 3 is 2.74 bits per heavy atom. The number of pyridine rings is 1. The first-order valence-electron chi connectivity index (χ1n) is 6.98. The number of hydrogen-bond acceptors (Lipinski definition) is 4. The fourth-order valence-corrected chi connectivity index (χ4v) is 2.19. The van der Waals surface area contributed by atoms with Gasteiger partial charge >= 0.3 is 0 Å². The zero-order chi connectivity index (χ0) is 13.7. The van der Waals surface area contributed by atoms with Crippen LogP contribution in [0.3, 0.4) is 0 Å². The second-order valence-corrected chi connectivity index (χ2v) is 4.96. The van der Waals surface area contributed by atoms with Crippen molar-refractivity contribution in [2.75, 3.05) is 23.3 Å². The van der Waals surface area contributed by atoms with Gasteiger partial charge in [0.25, 0.3) is 0 Å². The topological polar surface area (TPSA) is 71.2 Å². The number of anilines is 2. The molecular formula is C14H22N4O. The van der Waals surface area contributed by atoms with Gasteiger partial charge in [-0.05, 0) is 37.8 Å². The van der Waals surface area contributed by atoms with Gasteiger partial charge in [-0.3, -0.25) is 4.79 Å². The molecule has 0 aromatic carbocycles. The quantitative estimate of drug-likeness (QED) is 0.867. The van der Waals surface area contributed by atoms with Crippen LogP contribution in [-0.4, -0.2) is 30.0 Å². The first-order valence-corrected chi connectivity index (χ1v) is 6.98. The largest absolute Gasteiger partial charge is 0.357 e. The van der Waals surface area contributed by atoms with Gasteiger partial charge in [0.2, 0.25) is 5.91 Å². The number of carbonyl (C=O) groups is 1. The molecule has 1 saturated heterocycles. The molecule has 2 rings (SSSR count). The molecule has 0 unspecified atom stereocenters. The fraction of sp³-hybridized carbons (Fsp3) is 0.571. The number of rotatable bonds is 4. The van der Waals surface area contributed by atoms with Crippen LogP contribution in [0.15, 0.2) is 18.3 Å². The van der Waals surface area contributed by atoms with Crippen molar-refractivity contribution in [2.45, 2.75) is 38.6 Å². The van der Waals surface area contributed by atoms with E-state index >= 15 is 0 Å². The van der Waals surface area contributed by atoms with Crippen molar-refractivity contribution in [1.29, 1.82) is 0 Å². The maximum absolute atomic E-state index is 11.7. The summed E-state index contributed by atoms with van der Waals surface area (Å²) in [5, 5.41) is 2.78. The second kappa shape index (κ2) is 6.52. The number of nitrogens with two attached hydrogens (primary N) is 1. The molecule has 19 heavy (non-hydrogen) atoms. The van der Waals surface area contributed by atoms with E-state index in [1.807, 2.05) is 19.1 Å². The molecule has 3 N–H and O–H groups in total. The SMILES string of the molecule is CC[C@@H](N)C(=O)Nc1ccc(N2CCCCC2)nc1. The maximum Gasteiger partial charge on any atom is 0.241 e. The Labute approximate surface area is 114 Å². The van der Waals surface area contributed by atoms with E-state index in [2.05, 4.69) is 15.2 Å². The van der Waals surface area contributed by atoms with E-state index in [-0.39, 0.29) is 5.91 Å². The zero-order valence-electron chi connectivity index (χ0n) is 11.4. The number of piperidine rings is 1. The number of nitrogens with zero attached hydrogens (tertiary/aromatic N) is 2. The summed E-state index contributed by atoms with van der Waals surface area (Å²) in [6.45, 7) is 4.03. The van der Waals surface area contributed by atoms with Gasteiger partial charge in [-0.2, -0.15) is 0 Å². The summed E-state index contributed by atoms with van der Waals surface area (Å²) < 4.78 is 0. The highest BCUT2D eigenvalue weighted by Crippen LogP contribution is 2.18. The maximum atomic E-state index is 11.7. The molecule has 0 radical (unpaired) electrons. The lowest BCUT2D eigenvalue weighted by atomic mass is 10.1. The molecule has 5 heteroatoms. The smallest absolute Gasteiger partial charge is 0.241 e. The first kappa shape index (κ1) is 13.8. The van der Waals surface area contributed by atoms with Gasteiger partial charge < -0.3 is 16.0 Å². The molecule has 0 bridgehead atoms. The number of hydrogen-bond donors (Lipinski definition) is 2. The molecule has 0 aliphatic carbocycles. The molecule has 1 atom stereocenters. The number of nitrogens with one attached hydrogen (secondary N) is 1. The molecular weight excluding hydrogens is 240 g/mol. The fourth-order valence-electron chi connectivity index (χ4n) is 2.19. The van der Waals surface area contributed by atoms with Gasteiger partial charge in [0.05, 0.1) is 17.9 Å². The van der Waals surface area contributed by atoms with Crippen molar-refractivity contribution in [3.63, 3.8) is 0 Å². The first-order chi connectivity index (χ1) is 9.20. The lowest BCUT2D eigenvalue weighted by Crippen LogP contribution is -2.35. The zero-order valence-corrected chi connectivity index (χ0v) is 11.4. The molecule has 1 fully saturated rings. The lowest BCUT2D eigenvalue weighted by Gasteiger charge is -2.27.